The van der Waals surface area contributed by atoms with Gasteiger partial charge in [0.2, 0.25) is 10.0 Å². The first-order valence-corrected chi connectivity index (χ1v) is 7.91. The van der Waals surface area contributed by atoms with Gasteiger partial charge in [0.1, 0.15) is 16.5 Å². The van der Waals surface area contributed by atoms with Gasteiger partial charge in [-0.05, 0) is 25.0 Å². The molecule has 0 spiro atoms. The number of nitrogens with zero attached hydrogens (tertiary/aromatic N) is 1. The fourth-order valence-electron chi connectivity index (χ4n) is 2.20. The summed E-state index contributed by atoms with van der Waals surface area (Å²) in [5, 5.41) is 0. The Bertz CT molecular complexity index is 626. The van der Waals surface area contributed by atoms with E-state index in [1.807, 2.05) is 0 Å². The maximum absolute atomic E-state index is 13.6. The molecule has 2 rings (SSSR count). The zero-order chi connectivity index (χ0) is 14.9. The first-order chi connectivity index (χ1) is 9.32. The van der Waals surface area contributed by atoms with Crippen molar-refractivity contribution in [1.82, 2.24) is 4.31 Å². The molecule has 1 heterocycles. The van der Waals surface area contributed by atoms with Crippen molar-refractivity contribution in [3.05, 3.63) is 29.8 Å². The second kappa shape index (κ2) is 5.71. The van der Waals surface area contributed by atoms with Gasteiger partial charge >= 0.3 is 0 Å². The molecule has 20 heavy (non-hydrogen) atoms. The van der Waals surface area contributed by atoms with Crippen LogP contribution in [0.4, 0.5) is 8.78 Å². The van der Waals surface area contributed by atoms with Crippen molar-refractivity contribution in [3.63, 3.8) is 0 Å². The number of hydrogen-bond acceptors (Lipinski definition) is 3. The Morgan fingerprint density at radius 2 is 1.90 bits per heavy atom. The average Bonchev–Trinajstić information content (AvgIpc) is 2.38. The highest BCUT2D eigenvalue weighted by atomic mass is 32.2. The van der Waals surface area contributed by atoms with Gasteiger partial charge in [-0.2, -0.15) is 4.31 Å². The van der Waals surface area contributed by atoms with E-state index in [0.717, 1.165) is 12.1 Å². The van der Waals surface area contributed by atoms with Gasteiger partial charge in [-0.25, -0.2) is 17.2 Å². The van der Waals surface area contributed by atoms with Gasteiger partial charge in [-0.15, -0.1) is 0 Å². The van der Waals surface area contributed by atoms with Gasteiger partial charge < -0.3 is 5.73 Å². The highest BCUT2D eigenvalue weighted by Gasteiger charge is 2.32. The Morgan fingerprint density at radius 1 is 1.30 bits per heavy atom. The van der Waals surface area contributed by atoms with Crippen molar-refractivity contribution in [2.45, 2.75) is 17.7 Å². The van der Waals surface area contributed by atoms with Gasteiger partial charge in [0, 0.05) is 25.1 Å². The van der Waals surface area contributed by atoms with Crippen LogP contribution >= 0.6 is 12.2 Å². The third-order valence-electron chi connectivity index (χ3n) is 3.37. The second-order valence-corrected chi connectivity index (χ2v) is 7.03. The lowest BCUT2D eigenvalue weighted by Crippen LogP contribution is -2.41. The first kappa shape index (κ1) is 15.3. The molecule has 0 aliphatic carbocycles. The van der Waals surface area contributed by atoms with E-state index in [4.69, 9.17) is 18.0 Å². The number of benzene rings is 1. The first-order valence-electron chi connectivity index (χ1n) is 6.07. The summed E-state index contributed by atoms with van der Waals surface area (Å²) in [6.45, 7) is 0.447. The number of thiocarbonyl (C=S) groups is 1. The molecule has 1 aliphatic rings. The molecule has 8 heteroatoms. The summed E-state index contributed by atoms with van der Waals surface area (Å²) >= 11 is 4.88. The normalized spacial score (nSPS) is 18.1. The van der Waals surface area contributed by atoms with Gasteiger partial charge in [-0.1, -0.05) is 12.2 Å². The van der Waals surface area contributed by atoms with E-state index in [1.54, 1.807) is 0 Å². The van der Waals surface area contributed by atoms with Crippen molar-refractivity contribution in [3.8, 4) is 0 Å². The second-order valence-electron chi connectivity index (χ2n) is 4.66. The Labute approximate surface area is 121 Å². The molecule has 1 aromatic rings. The molecule has 2 N–H and O–H groups in total. The average molecular weight is 320 g/mol. The lowest BCUT2D eigenvalue weighted by molar-refractivity contribution is 0.315. The number of halogens is 2. The van der Waals surface area contributed by atoms with E-state index in [2.05, 4.69) is 0 Å². The number of sulfonamides is 1. The summed E-state index contributed by atoms with van der Waals surface area (Å²) in [5.41, 5.74) is 5.54. The Balaban J connectivity index is 2.22. The fourth-order valence-corrected chi connectivity index (χ4v) is 3.95. The minimum absolute atomic E-state index is 0.00881. The highest BCUT2D eigenvalue weighted by molar-refractivity contribution is 7.89. The molecule has 0 unspecified atom stereocenters. The van der Waals surface area contributed by atoms with Crippen LogP contribution < -0.4 is 5.73 Å². The van der Waals surface area contributed by atoms with Crippen molar-refractivity contribution in [2.75, 3.05) is 13.1 Å². The smallest absolute Gasteiger partial charge is 0.245 e. The molecule has 4 nitrogen and oxygen atoms in total. The van der Waals surface area contributed by atoms with Crippen molar-refractivity contribution in [1.29, 1.82) is 0 Å². The van der Waals surface area contributed by atoms with Crippen LogP contribution in [0.1, 0.15) is 12.8 Å². The molecular weight excluding hydrogens is 306 g/mol. The molecule has 110 valence electrons. The zero-order valence-electron chi connectivity index (χ0n) is 10.6. The summed E-state index contributed by atoms with van der Waals surface area (Å²) in [4.78, 5) is -0.136. The minimum Gasteiger partial charge on any atom is -0.393 e. The van der Waals surface area contributed by atoms with Crippen molar-refractivity contribution in [2.24, 2.45) is 11.7 Å². The van der Waals surface area contributed by atoms with E-state index in [9.17, 15) is 17.2 Å². The molecule has 0 atom stereocenters. The van der Waals surface area contributed by atoms with Crippen LogP contribution in [0.15, 0.2) is 23.1 Å². The molecule has 0 aromatic heterocycles. The topological polar surface area (TPSA) is 63.4 Å². The van der Waals surface area contributed by atoms with Crippen molar-refractivity contribution < 1.29 is 17.2 Å². The molecule has 0 radical (unpaired) electrons. The lowest BCUT2D eigenvalue weighted by Gasteiger charge is -2.30. The number of piperidine rings is 1. The van der Waals surface area contributed by atoms with Gasteiger partial charge in [-0.3, -0.25) is 0 Å². The number of nitrogens with two attached hydrogens (primary N) is 1. The van der Waals surface area contributed by atoms with E-state index >= 15 is 0 Å². The van der Waals surface area contributed by atoms with Crippen LogP contribution in [-0.4, -0.2) is 30.8 Å². The quantitative estimate of drug-likeness (QED) is 0.860. The molecule has 1 fully saturated rings. The van der Waals surface area contributed by atoms with Crippen molar-refractivity contribution >= 4 is 27.2 Å². The van der Waals surface area contributed by atoms with Crippen LogP contribution in [0.3, 0.4) is 0 Å². The lowest BCUT2D eigenvalue weighted by atomic mass is 9.98. The van der Waals surface area contributed by atoms with Crippen LogP contribution in [0, 0.1) is 17.6 Å². The molecule has 1 saturated heterocycles. The summed E-state index contributed by atoms with van der Waals surface area (Å²) in [5.74, 6) is -1.88. The van der Waals surface area contributed by atoms with E-state index in [0.29, 0.717) is 23.9 Å². The summed E-state index contributed by atoms with van der Waals surface area (Å²) in [6, 6.07) is 2.44. The summed E-state index contributed by atoms with van der Waals surface area (Å²) in [6.07, 6.45) is 1.02. The van der Waals surface area contributed by atoms with Gasteiger partial charge in [0.25, 0.3) is 0 Å². The van der Waals surface area contributed by atoms with E-state index in [-0.39, 0.29) is 19.0 Å². The SMILES string of the molecule is NC(=S)C1CCN(S(=O)(=O)c2ccc(F)cc2F)CC1. The Hall–Kier alpha value is -1.12. The molecule has 0 bridgehead atoms. The minimum atomic E-state index is -3.95. The maximum atomic E-state index is 13.6. The molecule has 1 aliphatic heterocycles. The monoisotopic (exact) mass is 320 g/mol. The number of hydrogen-bond donors (Lipinski definition) is 1. The number of rotatable bonds is 3. The van der Waals surface area contributed by atoms with Crippen LogP contribution in [0.5, 0.6) is 0 Å². The van der Waals surface area contributed by atoms with E-state index < -0.39 is 26.6 Å². The third kappa shape index (κ3) is 2.97. The van der Waals surface area contributed by atoms with Crippen LogP contribution in [-0.2, 0) is 10.0 Å². The Morgan fingerprint density at radius 3 is 2.40 bits per heavy atom. The fraction of sp³-hybridized carbons (Fsp3) is 0.417. The predicted octanol–water partition coefficient (Wildman–Crippen LogP) is 1.65. The highest BCUT2D eigenvalue weighted by Crippen LogP contribution is 2.25. The van der Waals surface area contributed by atoms with Crippen LogP contribution in [0.25, 0.3) is 0 Å². The summed E-state index contributed by atoms with van der Waals surface area (Å²) < 4.78 is 52.2. The van der Waals surface area contributed by atoms with Crippen LogP contribution in [0.2, 0.25) is 0 Å². The van der Waals surface area contributed by atoms with E-state index in [1.165, 1.54) is 4.31 Å². The Kier molecular flexibility index (Phi) is 4.36. The zero-order valence-corrected chi connectivity index (χ0v) is 12.2. The van der Waals surface area contributed by atoms with Gasteiger partial charge in [0.05, 0.1) is 4.99 Å². The third-order valence-corrected chi connectivity index (χ3v) is 5.63. The standard InChI is InChI=1S/C12H14F2N2O2S2/c13-9-1-2-11(10(14)7-9)20(17,18)16-5-3-8(4-6-16)12(15)19/h1-2,7-8H,3-6H2,(H2,15,19). The largest absolute Gasteiger partial charge is 0.393 e. The summed E-state index contributed by atoms with van der Waals surface area (Å²) in [7, 11) is -3.95. The van der Waals surface area contributed by atoms with Gasteiger partial charge in [0.15, 0.2) is 0 Å². The molecule has 1 aromatic carbocycles. The molecule has 0 saturated carbocycles. The molecule has 0 amide bonds. The maximum Gasteiger partial charge on any atom is 0.245 e. The molecular formula is C12H14F2N2O2S2. The predicted molar refractivity (Wildman–Crippen MR) is 74.6 cm³/mol.